The van der Waals surface area contributed by atoms with Gasteiger partial charge < -0.3 is 20.1 Å². The number of anilines is 1. The van der Waals surface area contributed by atoms with Gasteiger partial charge in [0.25, 0.3) is 5.91 Å². The summed E-state index contributed by atoms with van der Waals surface area (Å²) in [7, 11) is 0. The first kappa shape index (κ1) is 18.5. The summed E-state index contributed by atoms with van der Waals surface area (Å²) >= 11 is 9.39. The molecule has 1 aromatic rings. The van der Waals surface area contributed by atoms with Crippen molar-refractivity contribution in [1.82, 2.24) is 5.32 Å². The lowest BCUT2D eigenvalue weighted by Crippen LogP contribution is -2.45. The summed E-state index contributed by atoms with van der Waals surface area (Å²) < 4.78 is 11.6. The van der Waals surface area contributed by atoms with Crippen LogP contribution in [0, 0.1) is 0 Å². The number of hydrogen-bond donors (Lipinski definition) is 2. The number of carbonyl (C=O) groups is 1. The quantitative estimate of drug-likeness (QED) is 0.817. The van der Waals surface area contributed by atoms with E-state index in [2.05, 4.69) is 26.6 Å². The fourth-order valence-electron chi connectivity index (χ4n) is 1.89. The molecule has 0 saturated carbocycles. The molecule has 0 aromatic heterocycles. The Kier molecular flexibility index (Phi) is 7.76. The van der Waals surface area contributed by atoms with Crippen LogP contribution < -0.4 is 15.4 Å². The molecular weight excluding hydrogens is 383 g/mol. The molecule has 0 aliphatic carbocycles. The van der Waals surface area contributed by atoms with E-state index in [-0.39, 0.29) is 18.3 Å². The lowest BCUT2D eigenvalue weighted by molar-refractivity contribution is -0.128. The molecule has 2 N–H and O–H groups in total. The summed E-state index contributed by atoms with van der Waals surface area (Å²) in [5, 5.41) is 6.43. The maximum absolute atomic E-state index is 12.2. The number of amides is 1. The summed E-state index contributed by atoms with van der Waals surface area (Å²) in [5.74, 6) is 0.348. The molecule has 0 radical (unpaired) electrons. The van der Waals surface area contributed by atoms with Crippen LogP contribution in [0.3, 0.4) is 0 Å². The predicted octanol–water partition coefficient (Wildman–Crippen LogP) is 2.85. The maximum Gasteiger partial charge on any atom is 0.254 e. The fourth-order valence-corrected chi connectivity index (χ4v) is 2.82. The zero-order valence-electron chi connectivity index (χ0n) is 11.4. The van der Waals surface area contributed by atoms with Crippen molar-refractivity contribution < 1.29 is 14.3 Å². The van der Waals surface area contributed by atoms with Crippen LogP contribution in [0.5, 0.6) is 5.75 Å². The van der Waals surface area contributed by atoms with Crippen molar-refractivity contribution in [2.45, 2.75) is 13.0 Å². The molecule has 1 heterocycles. The molecule has 5 nitrogen and oxygen atoms in total. The summed E-state index contributed by atoms with van der Waals surface area (Å²) in [6.45, 7) is 4.15. The van der Waals surface area contributed by atoms with Crippen LogP contribution in [0.2, 0.25) is 5.02 Å². The number of nitrogens with one attached hydrogen (secondary N) is 2. The van der Waals surface area contributed by atoms with Crippen LogP contribution in [0.1, 0.15) is 6.92 Å². The summed E-state index contributed by atoms with van der Waals surface area (Å²) in [6, 6.07) is 3.38. The number of hydrogen-bond acceptors (Lipinski definition) is 4. The number of benzene rings is 1. The molecule has 21 heavy (non-hydrogen) atoms. The van der Waals surface area contributed by atoms with Gasteiger partial charge in [-0.2, -0.15) is 0 Å². The molecule has 1 aliphatic heterocycles. The van der Waals surface area contributed by atoms with Crippen LogP contribution in [-0.4, -0.2) is 38.3 Å². The molecule has 1 aliphatic rings. The summed E-state index contributed by atoms with van der Waals surface area (Å²) in [4.78, 5) is 12.2. The highest BCUT2D eigenvalue weighted by Crippen LogP contribution is 2.36. The van der Waals surface area contributed by atoms with Crippen molar-refractivity contribution in [3.05, 3.63) is 21.6 Å². The van der Waals surface area contributed by atoms with Gasteiger partial charge in [-0.3, -0.25) is 4.79 Å². The lowest BCUT2D eigenvalue weighted by atomic mass is 10.2. The molecular formula is C13H17BrCl2N2O3. The Hall–Kier alpha value is -0.530. The lowest BCUT2D eigenvalue weighted by Gasteiger charge is -2.23. The Bertz CT molecular complexity index is 497. The van der Waals surface area contributed by atoms with Crippen molar-refractivity contribution in [2.24, 2.45) is 0 Å². The molecule has 0 spiro atoms. The maximum atomic E-state index is 12.2. The normalized spacial score (nSPS) is 17.8. The second-order valence-corrected chi connectivity index (χ2v) is 5.54. The smallest absolute Gasteiger partial charge is 0.254 e. The first-order valence-corrected chi connectivity index (χ1v) is 7.54. The van der Waals surface area contributed by atoms with Gasteiger partial charge in [0, 0.05) is 18.1 Å². The van der Waals surface area contributed by atoms with Crippen LogP contribution in [-0.2, 0) is 9.53 Å². The van der Waals surface area contributed by atoms with E-state index in [0.29, 0.717) is 40.7 Å². The Morgan fingerprint density at radius 3 is 3.00 bits per heavy atom. The van der Waals surface area contributed by atoms with E-state index in [1.165, 1.54) is 0 Å². The number of ether oxygens (including phenoxy) is 2. The molecule has 1 aromatic carbocycles. The topological polar surface area (TPSA) is 59.6 Å². The molecule has 118 valence electrons. The Morgan fingerprint density at radius 1 is 1.62 bits per heavy atom. The summed E-state index contributed by atoms with van der Waals surface area (Å²) in [6.07, 6.45) is -0.504. The fraction of sp³-hybridized carbons (Fsp3) is 0.462. The molecule has 1 atom stereocenters. The van der Waals surface area contributed by atoms with E-state index >= 15 is 0 Å². The Morgan fingerprint density at radius 2 is 2.38 bits per heavy atom. The van der Waals surface area contributed by atoms with Crippen molar-refractivity contribution in [2.75, 3.05) is 31.6 Å². The van der Waals surface area contributed by atoms with Crippen molar-refractivity contribution in [3.8, 4) is 5.75 Å². The van der Waals surface area contributed by atoms with Crippen molar-refractivity contribution in [3.63, 3.8) is 0 Å². The third kappa shape index (κ3) is 5.00. The van der Waals surface area contributed by atoms with E-state index in [4.69, 9.17) is 21.1 Å². The van der Waals surface area contributed by atoms with Crippen LogP contribution in [0.4, 0.5) is 5.69 Å². The molecule has 0 bridgehead atoms. The van der Waals surface area contributed by atoms with Crippen LogP contribution in [0.15, 0.2) is 16.6 Å². The van der Waals surface area contributed by atoms with Crippen molar-refractivity contribution in [1.29, 1.82) is 0 Å². The van der Waals surface area contributed by atoms with Gasteiger partial charge >= 0.3 is 0 Å². The minimum Gasteiger partial charge on any atom is -0.491 e. The zero-order valence-corrected chi connectivity index (χ0v) is 14.6. The average Bonchev–Trinajstić information content (AvgIpc) is 2.43. The van der Waals surface area contributed by atoms with Gasteiger partial charge in [0.15, 0.2) is 5.75 Å². The number of morpholine rings is 1. The van der Waals surface area contributed by atoms with Gasteiger partial charge in [-0.05, 0) is 35.0 Å². The second kappa shape index (κ2) is 8.80. The third-order valence-corrected chi connectivity index (χ3v) is 3.58. The largest absolute Gasteiger partial charge is 0.491 e. The number of carbonyl (C=O) groups excluding carboxylic acids is 1. The highest BCUT2D eigenvalue weighted by molar-refractivity contribution is 9.10. The van der Waals surface area contributed by atoms with Crippen LogP contribution >= 0.6 is 39.9 Å². The van der Waals surface area contributed by atoms with Gasteiger partial charge in [0.1, 0.15) is 6.10 Å². The molecule has 1 amide bonds. The van der Waals surface area contributed by atoms with Gasteiger partial charge in [-0.1, -0.05) is 11.6 Å². The molecule has 1 saturated heterocycles. The SMILES string of the molecule is CCOc1c(Br)cc(Cl)cc1NC(=O)C1CNCCO1.Cl. The predicted molar refractivity (Wildman–Crippen MR) is 88.8 cm³/mol. The van der Waals surface area contributed by atoms with E-state index in [0.717, 1.165) is 6.54 Å². The molecule has 1 unspecified atom stereocenters. The number of rotatable bonds is 4. The average molecular weight is 400 g/mol. The van der Waals surface area contributed by atoms with E-state index in [9.17, 15) is 4.79 Å². The van der Waals surface area contributed by atoms with Gasteiger partial charge in [-0.15, -0.1) is 12.4 Å². The van der Waals surface area contributed by atoms with Gasteiger partial charge in [0.2, 0.25) is 0 Å². The number of halogens is 3. The standard InChI is InChI=1S/C13H16BrClN2O3.ClH/c1-2-19-12-9(14)5-8(15)6-10(12)17-13(18)11-7-16-3-4-20-11;/h5-6,11,16H,2-4,7H2,1H3,(H,17,18);1H. The van der Waals surface area contributed by atoms with E-state index < -0.39 is 6.10 Å². The second-order valence-electron chi connectivity index (χ2n) is 4.25. The Balaban J connectivity index is 0.00000220. The monoisotopic (exact) mass is 398 g/mol. The summed E-state index contributed by atoms with van der Waals surface area (Å²) in [5.41, 5.74) is 0.533. The van der Waals surface area contributed by atoms with E-state index in [1.54, 1.807) is 12.1 Å². The Labute approximate surface area is 143 Å². The minimum atomic E-state index is -0.504. The van der Waals surface area contributed by atoms with Gasteiger partial charge in [0.05, 0.1) is 23.4 Å². The minimum absolute atomic E-state index is 0. The first-order chi connectivity index (χ1) is 9.61. The zero-order chi connectivity index (χ0) is 14.5. The first-order valence-electron chi connectivity index (χ1n) is 6.37. The van der Waals surface area contributed by atoms with Crippen LogP contribution in [0.25, 0.3) is 0 Å². The van der Waals surface area contributed by atoms with E-state index in [1.807, 2.05) is 6.92 Å². The van der Waals surface area contributed by atoms with Gasteiger partial charge in [-0.25, -0.2) is 0 Å². The third-order valence-electron chi connectivity index (χ3n) is 2.77. The highest BCUT2D eigenvalue weighted by Gasteiger charge is 2.23. The molecule has 8 heteroatoms. The molecule has 1 fully saturated rings. The van der Waals surface area contributed by atoms with Crippen molar-refractivity contribution >= 4 is 51.5 Å². The highest BCUT2D eigenvalue weighted by atomic mass is 79.9. The molecule has 2 rings (SSSR count).